The molecule has 0 aromatic carbocycles. The van der Waals surface area contributed by atoms with Gasteiger partial charge in [0.25, 0.3) is 0 Å². The van der Waals surface area contributed by atoms with Gasteiger partial charge in [-0.1, -0.05) is 12.2 Å². The van der Waals surface area contributed by atoms with Crippen molar-refractivity contribution in [3.05, 3.63) is 12.2 Å². The first-order valence-corrected chi connectivity index (χ1v) is 5.84. The number of carboxylic acids is 1. The molecule has 0 saturated heterocycles. The summed E-state index contributed by atoms with van der Waals surface area (Å²) >= 11 is 0. The zero-order valence-corrected chi connectivity index (χ0v) is 11.2. The fourth-order valence-corrected chi connectivity index (χ4v) is 1.08. The van der Waals surface area contributed by atoms with Crippen molar-refractivity contribution in [1.82, 2.24) is 10.6 Å². The van der Waals surface area contributed by atoms with Gasteiger partial charge in [-0.3, -0.25) is 4.79 Å². The highest BCUT2D eigenvalue weighted by atomic mass is 16.5. The van der Waals surface area contributed by atoms with Crippen LogP contribution in [0, 0.1) is 5.92 Å². The Balaban J connectivity index is 3.71. The Kier molecular flexibility index (Phi) is 7.78. The first-order valence-electron chi connectivity index (χ1n) is 5.84. The van der Waals surface area contributed by atoms with Gasteiger partial charge in [0.15, 0.2) is 0 Å². The van der Waals surface area contributed by atoms with Crippen LogP contribution in [0.25, 0.3) is 0 Å². The quantitative estimate of drug-likeness (QED) is 0.447. The highest BCUT2D eigenvalue weighted by Crippen LogP contribution is 2.01. The molecule has 0 aliphatic carbocycles. The predicted octanol–water partition coefficient (Wildman–Crippen LogP) is 0.987. The predicted molar refractivity (Wildman–Crippen MR) is 68.4 cm³/mol. The molecular formula is C12H22N2O4. The van der Waals surface area contributed by atoms with Crippen molar-refractivity contribution in [2.24, 2.45) is 5.92 Å². The highest BCUT2D eigenvalue weighted by molar-refractivity contribution is 5.76. The zero-order valence-electron chi connectivity index (χ0n) is 11.2. The van der Waals surface area contributed by atoms with Crippen LogP contribution in [-0.2, 0) is 9.53 Å². The van der Waals surface area contributed by atoms with Gasteiger partial charge in [-0.25, -0.2) is 4.79 Å². The molecule has 2 atom stereocenters. The molecule has 2 unspecified atom stereocenters. The topological polar surface area (TPSA) is 87.7 Å². The van der Waals surface area contributed by atoms with Gasteiger partial charge in [0.2, 0.25) is 0 Å². The molecular weight excluding hydrogens is 236 g/mol. The van der Waals surface area contributed by atoms with E-state index < -0.39 is 24.0 Å². The van der Waals surface area contributed by atoms with Crippen LogP contribution in [0.15, 0.2) is 12.2 Å². The molecule has 0 aliphatic heterocycles. The van der Waals surface area contributed by atoms with Crippen LogP contribution in [0.5, 0.6) is 0 Å². The highest BCUT2D eigenvalue weighted by Gasteiger charge is 2.20. The van der Waals surface area contributed by atoms with E-state index in [1.54, 1.807) is 13.8 Å². The number of rotatable bonds is 8. The number of carbonyl (C=O) groups excluding carboxylic acids is 1. The van der Waals surface area contributed by atoms with Crippen LogP contribution in [0.4, 0.5) is 4.79 Å². The van der Waals surface area contributed by atoms with E-state index in [1.165, 1.54) is 0 Å². The van der Waals surface area contributed by atoms with Crippen molar-refractivity contribution in [2.45, 2.75) is 26.8 Å². The molecule has 6 nitrogen and oxygen atoms in total. The molecule has 0 rings (SSSR count). The van der Waals surface area contributed by atoms with Gasteiger partial charge >= 0.3 is 12.0 Å². The molecule has 0 aliphatic rings. The second kappa shape index (κ2) is 8.52. The van der Waals surface area contributed by atoms with E-state index in [0.717, 1.165) is 5.57 Å². The van der Waals surface area contributed by atoms with Crippen LogP contribution in [0.1, 0.15) is 20.8 Å². The van der Waals surface area contributed by atoms with E-state index in [0.29, 0.717) is 19.8 Å². The molecule has 0 spiro atoms. The summed E-state index contributed by atoms with van der Waals surface area (Å²) in [6.45, 7) is 9.96. The number of nitrogens with one attached hydrogen (secondary N) is 2. The summed E-state index contributed by atoms with van der Waals surface area (Å²) in [6.07, 6.45) is 0. The molecule has 0 bridgehead atoms. The lowest BCUT2D eigenvalue weighted by molar-refractivity contribution is -0.141. The Labute approximate surface area is 107 Å². The molecule has 6 heteroatoms. The minimum atomic E-state index is -0.937. The lowest BCUT2D eigenvalue weighted by atomic mass is 10.0. The molecule has 0 aromatic heterocycles. The van der Waals surface area contributed by atoms with E-state index in [-0.39, 0.29) is 0 Å². The lowest BCUT2D eigenvalue weighted by Crippen LogP contribution is -2.46. The Morgan fingerprint density at radius 3 is 2.50 bits per heavy atom. The first-order chi connectivity index (χ1) is 8.34. The maximum atomic E-state index is 11.4. The van der Waals surface area contributed by atoms with Gasteiger partial charge in [0, 0.05) is 12.6 Å². The number of aliphatic carboxylic acids is 1. The van der Waals surface area contributed by atoms with Crippen LogP contribution in [0.3, 0.4) is 0 Å². The number of urea groups is 1. The average molecular weight is 258 g/mol. The third-order valence-electron chi connectivity index (χ3n) is 2.38. The van der Waals surface area contributed by atoms with Crippen LogP contribution < -0.4 is 10.6 Å². The molecule has 2 amide bonds. The maximum absolute atomic E-state index is 11.4. The van der Waals surface area contributed by atoms with Crippen LogP contribution >= 0.6 is 0 Å². The third-order valence-corrected chi connectivity index (χ3v) is 2.38. The molecule has 0 heterocycles. The van der Waals surface area contributed by atoms with E-state index in [1.807, 2.05) is 6.92 Å². The van der Waals surface area contributed by atoms with Crippen molar-refractivity contribution < 1.29 is 19.4 Å². The summed E-state index contributed by atoms with van der Waals surface area (Å²) in [6, 6.07) is -0.826. The summed E-state index contributed by atoms with van der Waals surface area (Å²) in [4.78, 5) is 22.1. The van der Waals surface area contributed by atoms with Gasteiger partial charge in [0.05, 0.1) is 19.1 Å². The number of hydrogen-bond acceptors (Lipinski definition) is 3. The van der Waals surface area contributed by atoms with Gasteiger partial charge in [-0.2, -0.15) is 0 Å². The van der Waals surface area contributed by atoms with Crippen molar-refractivity contribution in [1.29, 1.82) is 0 Å². The first kappa shape index (κ1) is 16.4. The van der Waals surface area contributed by atoms with E-state index >= 15 is 0 Å². The third kappa shape index (κ3) is 7.67. The Bertz CT molecular complexity index is 304. The normalized spacial score (nSPS) is 13.5. The largest absolute Gasteiger partial charge is 0.481 e. The summed E-state index contributed by atoms with van der Waals surface area (Å²) in [5.74, 6) is -1.57. The van der Waals surface area contributed by atoms with Crippen LogP contribution in [0.2, 0.25) is 0 Å². The maximum Gasteiger partial charge on any atom is 0.315 e. The summed E-state index contributed by atoms with van der Waals surface area (Å²) in [5.41, 5.74) is 0.920. The standard InChI is InChI=1S/C12H22N2O4/c1-8(2)7-18-6-5-13-12(17)14-10(4)9(3)11(15)16/h9-10H,1,5-7H2,2-4H3,(H,15,16)(H2,13,14,17). The summed E-state index contributed by atoms with van der Waals surface area (Å²) in [5, 5.41) is 13.9. The zero-order chi connectivity index (χ0) is 14.1. The fraction of sp³-hybridized carbons (Fsp3) is 0.667. The number of amides is 2. The second-order valence-electron chi connectivity index (χ2n) is 4.33. The molecule has 0 saturated carbocycles. The van der Waals surface area contributed by atoms with Crippen molar-refractivity contribution in [3.63, 3.8) is 0 Å². The number of ether oxygens (including phenoxy) is 1. The van der Waals surface area contributed by atoms with E-state index in [9.17, 15) is 9.59 Å². The van der Waals surface area contributed by atoms with Gasteiger partial charge in [0.1, 0.15) is 0 Å². The monoisotopic (exact) mass is 258 g/mol. The van der Waals surface area contributed by atoms with Crippen molar-refractivity contribution in [2.75, 3.05) is 19.8 Å². The Morgan fingerprint density at radius 2 is 2.00 bits per heavy atom. The molecule has 3 N–H and O–H groups in total. The summed E-state index contributed by atoms with van der Waals surface area (Å²) < 4.78 is 5.20. The molecule has 0 radical (unpaired) electrons. The molecule has 18 heavy (non-hydrogen) atoms. The van der Waals surface area contributed by atoms with E-state index in [2.05, 4.69) is 17.2 Å². The van der Waals surface area contributed by atoms with Gasteiger partial charge < -0.3 is 20.5 Å². The van der Waals surface area contributed by atoms with Crippen molar-refractivity contribution in [3.8, 4) is 0 Å². The Hall–Kier alpha value is -1.56. The SMILES string of the molecule is C=C(C)COCCNC(=O)NC(C)C(C)C(=O)O. The average Bonchev–Trinajstić information content (AvgIpc) is 2.26. The second-order valence-corrected chi connectivity index (χ2v) is 4.33. The molecule has 0 aromatic rings. The summed E-state index contributed by atoms with van der Waals surface area (Å²) in [7, 11) is 0. The number of hydrogen-bond donors (Lipinski definition) is 3. The van der Waals surface area contributed by atoms with Crippen LogP contribution in [-0.4, -0.2) is 42.9 Å². The molecule has 0 fully saturated rings. The Morgan fingerprint density at radius 1 is 1.39 bits per heavy atom. The number of carboxylic acid groups (broad SMARTS) is 1. The minimum Gasteiger partial charge on any atom is -0.481 e. The van der Waals surface area contributed by atoms with E-state index in [4.69, 9.17) is 9.84 Å². The lowest BCUT2D eigenvalue weighted by Gasteiger charge is -2.18. The van der Waals surface area contributed by atoms with Crippen molar-refractivity contribution >= 4 is 12.0 Å². The smallest absolute Gasteiger partial charge is 0.315 e. The van der Waals surface area contributed by atoms with Gasteiger partial charge in [-0.15, -0.1) is 0 Å². The van der Waals surface area contributed by atoms with Gasteiger partial charge in [-0.05, 0) is 20.8 Å². The minimum absolute atomic E-state index is 0.368. The number of carbonyl (C=O) groups is 2. The molecule has 104 valence electrons. The fourth-order valence-electron chi connectivity index (χ4n) is 1.08.